The van der Waals surface area contributed by atoms with E-state index in [2.05, 4.69) is 34.6 Å². The molecule has 0 fully saturated rings. The molecular weight excluding hydrogens is 190 g/mol. The first-order chi connectivity index (χ1) is 6.69. The highest BCUT2D eigenvalue weighted by molar-refractivity contribution is 4.76. The van der Waals surface area contributed by atoms with Gasteiger partial charge in [-0.3, -0.25) is 0 Å². The maximum absolute atomic E-state index is 5.98. The van der Waals surface area contributed by atoms with E-state index < -0.39 is 0 Å². The number of rotatable bonds is 6. The molecule has 0 saturated heterocycles. The molecule has 0 saturated carbocycles. The van der Waals surface area contributed by atoms with Crippen molar-refractivity contribution in [2.24, 2.45) is 11.1 Å². The summed E-state index contributed by atoms with van der Waals surface area (Å²) in [6.07, 6.45) is 0.889. The number of hydrogen-bond donors (Lipinski definition) is 1. The van der Waals surface area contributed by atoms with Crippen LogP contribution in [0.5, 0.6) is 0 Å². The zero-order valence-corrected chi connectivity index (χ0v) is 11.1. The number of nitrogens with two attached hydrogens (primary N) is 1. The van der Waals surface area contributed by atoms with Crippen LogP contribution in [-0.4, -0.2) is 32.0 Å². The Balaban J connectivity index is 3.64. The Bertz CT molecular complexity index is 173. The highest BCUT2D eigenvalue weighted by Crippen LogP contribution is 2.18. The molecule has 0 heterocycles. The van der Waals surface area contributed by atoms with E-state index in [0.29, 0.717) is 13.2 Å². The highest BCUT2D eigenvalue weighted by atomic mass is 16.5. The van der Waals surface area contributed by atoms with E-state index in [0.717, 1.165) is 6.42 Å². The van der Waals surface area contributed by atoms with Gasteiger partial charge in [0.05, 0.1) is 12.2 Å². The van der Waals surface area contributed by atoms with Gasteiger partial charge >= 0.3 is 0 Å². The molecule has 15 heavy (non-hydrogen) atoms. The predicted octanol–water partition coefficient (Wildman–Crippen LogP) is 2.19. The molecule has 1 atom stereocenters. The van der Waals surface area contributed by atoms with Crippen LogP contribution in [0.15, 0.2) is 0 Å². The molecule has 0 aromatic carbocycles. The average Bonchev–Trinajstić information content (AvgIpc) is 2.10. The summed E-state index contributed by atoms with van der Waals surface area (Å²) in [6, 6.07) is 0.0863. The molecule has 0 radical (unpaired) electrons. The SMILES string of the molecule is COC(C)(C)CCOCC(N)C(C)(C)C. The lowest BCUT2D eigenvalue weighted by atomic mass is 9.88. The van der Waals surface area contributed by atoms with E-state index in [9.17, 15) is 0 Å². The van der Waals surface area contributed by atoms with Gasteiger partial charge in [0.2, 0.25) is 0 Å². The first-order valence-electron chi connectivity index (χ1n) is 5.57. The Morgan fingerprint density at radius 3 is 2.07 bits per heavy atom. The second-order valence-corrected chi connectivity index (χ2v) is 5.76. The number of methoxy groups -OCH3 is 1. The zero-order chi connectivity index (χ0) is 12.1. The van der Waals surface area contributed by atoms with E-state index in [1.165, 1.54) is 0 Å². The van der Waals surface area contributed by atoms with Gasteiger partial charge < -0.3 is 15.2 Å². The molecule has 0 aliphatic rings. The Hall–Kier alpha value is -0.120. The molecule has 3 nitrogen and oxygen atoms in total. The Morgan fingerprint density at radius 2 is 1.67 bits per heavy atom. The van der Waals surface area contributed by atoms with Crippen LogP contribution in [0.25, 0.3) is 0 Å². The zero-order valence-electron chi connectivity index (χ0n) is 11.1. The lowest BCUT2D eigenvalue weighted by Gasteiger charge is -2.28. The Morgan fingerprint density at radius 1 is 1.13 bits per heavy atom. The Labute approximate surface area is 94.3 Å². The predicted molar refractivity (Wildman–Crippen MR) is 64.0 cm³/mol. The average molecular weight is 217 g/mol. The van der Waals surface area contributed by atoms with E-state index in [1.807, 2.05) is 0 Å². The standard InChI is InChI=1S/C12H27NO2/c1-11(2,3)10(13)9-15-8-7-12(4,5)14-6/h10H,7-9,13H2,1-6H3. The fourth-order valence-corrected chi connectivity index (χ4v) is 0.880. The van der Waals surface area contributed by atoms with Crippen molar-refractivity contribution in [3.05, 3.63) is 0 Å². The third kappa shape index (κ3) is 6.88. The minimum absolute atomic E-state index is 0.0863. The molecular formula is C12H27NO2. The maximum Gasteiger partial charge on any atom is 0.0644 e. The summed E-state index contributed by atoms with van der Waals surface area (Å²) in [5.41, 5.74) is 5.98. The number of hydrogen-bond acceptors (Lipinski definition) is 3. The van der Waals surface area contributed by atoms with Crippen molar-refractivity contribution in [1.82, 2.24) is 0 Å². The van der Waals surface area contributed by atoms with Crippen molar-refractivity contribution < 1.29 is 9.47 Å². The summed E-state index contributed by atoms with van der Waals surface area (Å²) in [7, 11) is 1.72. The normalized spacial score (nSPS) is 15.4. The van der Waals surface area contributed by atoms with Gasteiger partial charge in [0, 0.05) is 19.8 Å². The van der Waals surface area contributed by atoms with Gasteiger partial charge in [-0.1, -0.05) is 20.8 Å². The largest absolute Gasteiger partial charge is 0.380 e. The summed E-state index contributed by atoms with van der Waals surface area (Å²) >= 11 is 0. The molecule has 0 rings (SSSR count). The monoisotopic (exact) mass is 217 g/mol. The van der Waals surface area contributed by atoms with E-state index >= 15 is 0 Å². The summed E-state index contributed by atoms with van der Waals surface area (Å²) in [5.74, 6) is 0. The van der Waals surface area contributed by atoms with Gasteiger partial charge in [0.15, 0.2) is 0 Å². The summed E-state index contributed by atoms with van der Waals surface area (Å²) in [6.45, 7) is 11.8. The molecule has 0 bridgehead atoms. The molecule has 1 unspecified atom stereocenters. The van der Waals surface area contributed by atoms with Crippen LogP contribution in [0.1, 0.15) is 41.0 Å². The van der Waals surface area contributed by atoms with Gasteiger partial charge in [0.1, 0.15) is 0 Å². The van der Waals surface area contributed by atoms with Crippen molar-refractivity contribution in [1.29, 1.82) is 0 Å². The van der Waals surface area contributed by atoms with Gasteiger partial charge in [-0.2, -0.15) is 0 Å². The minimum Gasteiger partial charge on any atom is -0.380 e. The third-order valence-corrected chi connectivity index (χ3v) is 2.81. The fourth-order valence-electron chi connectivity index (χ4n) is 0.880. The van der Waals surface area contributed by atoms with Crippen LogP contribution in [0.4, 0.5) is 0 Å². The molecule has 0 aromatic rings. The number of ether oxygens (including phenoxy) is 2. The second-order valence-electron chi connectivity index (χ2n) is 5.76. The fraction of sp³-hybridized carbons (Fsp3) is 1.00. The molecule has 0 spiro atoms. The molecule has 2 N–H and O–H groups in total. The lowest BCUT2D eigenvalue weighted by molar-refractivity contribution is -0.0145. The molecule has 0 aliphatic heterocycles. The Kier molecular flexibility index (Phi) is 5.78. The maximum atomic E-state index is 5.98. The van der Waals surface area contributed by atoms with Crippen molar-refractivity contribution in [2.75, 3.05) is 20.3 Å². The van der Waals surface area contributed by atoms with Crippen molar-refractivity contribution >= 4 is 0 Å². The van der Waals surface area contributed by atoms with Crippen molar-refractivity contribution in [3.8, 4) is 0 Å². The molecule has 0 aromatic heterocycles. The summed E-state index contributed by atoms with van der Waals surface area (Å²) < 4.78 is 10.9. The van der Waals surface area contributed by atoms with Crippen LogP contribution in [0.2, 0.25) is 0 Å². The molecule has 0 amide bonds. The van der Waals surface area contributed by atoms with Gasteiger partial charge in [-0.25, -0.2) is 0 Å². The van der Waals surface area contributed by atoms with E-state index in [-0.39, 0.29) is 17.1 Å². The van der Waals surface area contributed by atoms with Crippen LogP contribution < -0.4 is 5.73 Å². The first kappa shape index (κ1) is 14.9. The van der Waals surface area contributed by atoms with Gasteiger partial charge in [0.25, 0.3) is 0 Å². The lowest BCUT2D eigenvalue weighted by Crippen LogP contribution is -2.39. The second kappa shape index (κ2) is 5.83. The smallest absolute Gasteiger partial charge is 0.0644 e. The quantitative estimate of drug-likeness (QED) is 0.694. The molecule has 92 valence electrons. The minimum atomic E-state index is -0.105. The molecule has 3 heteroatoms. The van der Waals surface area contributed by atoms with E-state index in [1.54, 1.807) is 7.11 Å². The highest BCUT2D eigenvalue weighted by Gasteiger charge is 2.21. The van der Waals surface area contributed by atoms with Crippen LogP contribution in [0, 0.1) is 5.41 Å². The topological polar surface area (TPSA) is 44.5 Å². The summed E-state index contributed by atoms with van der Waals surface area (Å²) in [4.78, 5) is 0. The van der Waals surface area contributed by atoms with Crippen LogP contribution in [-0.2, 0) is 9.47 Å². The van der Waals surface area contributed by atoms with Crippen LogP contribution in [0.3, 0.4) is 0 Å². The van der Waals surface area contributed by atoms with Gasteiger partial charge in [-0.15, -0.1) is 0 Å². The van der Waals surface area contributed by atoms with Crippen LogP contribution >= 0.6 is 0 Å². The first-order valence-corrected chi connectivity index (χ1v) is 5.57. The summed E-state index contributed by atoms with van der Waals surface area (Å²) in [5, 5.41) is 0. The van der Waals surface area contributed by atoms with Gasteiger partial charge in [-0.05, 0) is 25.7 Å². The van der Waals surface area contributed by atoms with E-state index in [4.69, 9.17) is 15.2 Å². The van der Waals surface area contributed by atoms with Crippen molar-refractivity contribution in [2.45, 2.75) is 52.7 Å². The molecule has 0 aliphatic carbocycles. The van der Waals surface area contributed by atoms with Crippen molar-refractivity contribution in [3.63, 3.8) is 0 Å². The third-order valence-electron chi connectivity index (χ3n) is 2.81.